The Morgan fingerprint density at radius 2 is 2.00 bits per heavy atom. The predicted octanol–water partition coefficient (Wildman–Crippen LogP) is -2.11. The summed E-state index contributed by atoms with van der Waals surface area (Å²) < 4.78 is 7.19. The van der Waals surface area contributed by atoms with Crippen LogP contribution in [0.1, 0.15) is 37.6 Å². The number of aliphatic hydroxyl groups is 3. The molecule has 0 amide bonds. The van der Waals surface area contributed by atoms with E-state index in [2.05, 4.69) is 25.9 Å². The Labute approximate surface area is 179 Å². The van der Waals surface area contributed by atoms with Crippen LogP contribution in [0.25, 0.3) is 0 Å². The SMILES string of the molecule is NC(N)=NCCCCCCNC1NC(=S)c2ncn([C@@H]3O[C@H](CO)C(O)C3O)c2N1. The number of rotatable bonds is 10. The Hall–Kier alpha value is -2.03. The third-order valence-electron chi connectivity index (χ3n) is 5.08. The number of anilines is 1. The highest BCUT2D eigenvalue weighted by molar-refractivity contribution is 7.80. The lowest BCUT2D eigenvalue weighted by Gasteiger charge is -2.30. The number of imidazole rings is 1. The van der Waals surface area contributed by atoms with Gasteiger partial charge in [-0.3, -0.25) is 14.9 Å². The van der Waals surface area contributed by atoms with E-state index in [1.807, 2.05) is 0 Å². The number of unbranched alkanes of at least 4 members (excludes halogenated alkanes) is 3. The number of hydrogen-bond acceptors (Lipinski definition) is 9. The Morgan fingerprint density at radius 1 is 1.23 bits per heavy atom. The van der Waals surface area contributed by atoms with Crippen LogP contribution in [0, 0.1) is 0 Å². The highest BCUT2D eigenvalue weighted by Gasteiger charge is 2.44. The maximum absolute atomic E-state index is 10.3. The van der Waals surface area contributed by atoms with Crippen molar-refractivity contribution in [1.29, 1.82) is 0 Å². The minimum absolute atomic E-state index is 0.123. The van der Waals surface area contributed by atoms with Gasteiger partial charge < -0.3 is 42.2 Å². The van der Waals surface area contributed by atoms with Gasteiger partial charge in [-0.2, -0.15) is 0 Å². The van der Waals surface area contributed by atoms with Crippen molar-refractivity contribution in [3.63, 3.8) is 0 Å². The van der Waals surface area contributed by atoms with Gasteiger partial charge in [0.2, 0.25) is 0 Å². The monoisotopic (exact) mass is 442 g/mol. The molecule has 3 unspecified atom stereocenters. The number of nitrogens with zero attached hydrogens (tertiary/aromatic N) is 3. The number of hydrogen-bond donors (Lipinski definition) is 8. The Morgan fingerprint density at radius 3 is 2.70 bits per heavy atom. The van der Waals surface area contributed by atoms with Crippen LogP contribution >= 0.6 is 12.2 Å². The number of ether oxygens (including phenoxy) is 1. The van der Waals surface area contributed by atoms with Crippen LogP contribution in [-0.2, 0) is 4.74 Å². The number of thiocarbonyl (C=S) groups is 1. The normalized spacial score (nSPS) is 28.0. The van der Waals surface area contributed by atoms with E-state index in [1.165, 1.54) is 6.33 Å². The van der Waals surface area contributed by atoms with Crippen molar-refractivity contribution in [3.8, 4) is 0 Å². The minimum Gasteiger partial charge on any atom is -0.394 e. The van der Waals surface area contributed by atoms with Crippen molar-refractivity contribution < 1.29 is 20.1 Å². The van der Waals surface area contributed by atoms with Gasteiger partial charge >= 0.3 is 0 Å². The fourth-order valence-corrected chi connectivity index (χ4v) is 3.76. The molecule has 0 spiro atoms. The third-order valence-corrected chi connectivity index (χ3v) is 5.40. The lowest BCUT2D eigenvalue weighted by molar-refractivity contribution is -0.0519. The van der Waals surface area contributed by atoms with Gasteiger partial charge in [-0.15, -0.1) is 0 Å². The molecule has 0 aliphatic carbocycles. The summed E-state index contributed by atoms with van der Waals surface area (Å²) in [6.45, 7) is 1.01. The smallest absolute Gasteiger partial charge is 0.185 e. The number of nitrogens with one attached hydrogen (secondary N) is 3. The molecule has 1 aromatic heterocycles. The number of aliphatic imine (C=N–C) groups is 1. The molecule has 30 heavy (non-hydrogen) atoms. The van der Waals surface area contributed by atoms with Gasteiger partial charge in [-0.1, -0.05) is 25.1 Å². The molecule has 12 nitrogen and oxygen atoms in total. The molecule has 3 rings (SSSR count). The lowest BCUT2D eigenvalue weighted by Crippen LogP contribution is -2.54. The standard InChI is InChI=1S/C17H30N8O4S/c18-16(19)20-5-3-1-2-4-6-21-17-23-13-10(14(30)24-17)22-8-25(13)15-12(28)11(27)9(7-26)29-15/h8-9,11-12,15,17,21,23,26-28H,1-7H2,(H,24,30)(H4,18,19,20)/t9-,11?,12?,15-,17?/m1/s1. The first-order valence-corrected chi connectivity index (χ1v) is 10.4. The van der Waals surface area contributed by atoms with Crippen LogP contribution < -0.4 is 27.4 Å². The number of aliphatic hydroxyl groups excluding tert-OH is 3. The van der Waals surface area contributed by atoms with E-state index in [0.29, 0.717) is 23.0 Å². The van der Waals surface area contributed by atoms with Crippen LogP contribution in [0.15, 0.2) is 11.3 Å². The van der Waals surface area contributed by atoms with Gasteiger partial charge in [0, 0.05) is 6.54 Å². The Bertz CT molecular complexity index is 756. The van der Waals surface area contributed by atoms with Crippen molar-refractivity contribution >= 4 is 29.0 Å². The van der Waals surface area contributed by atoms with Crippen LogP contribution in [0.4, 0.5) is 5.82 Å². The van der Waals surface area contributed by atoms with Crippen LogP contribution in [0.3, 0.4) is 0 Å². The zero-order valence-corrected chi connectivity index (χ0v) is 17.4. The molecule has 5 atom stereocenters. The van der Waals surface area contributed by atoms with Gasteiger partial charge in [0.25, 0.3) is 0 Å². The van der Waals surface area contributed by atoms with Crippen molar-refractivity contribution in [1.82, 2.24) is 20.2 Å². The molecule has 1 aromatic rings. The number of nitrogens with two attached hydrogens (primary N) is 2. The fraction of sp³-hybridized carbons (Fsp3) is 0.706. The maximum Gasteiger partial charge on any atom is 0.185 e. The van der Waals surface area contributed by atoms with E-state index in [0.717, 1.165) is 32.2 Å². The highest BCUT2D eigenvalue weighted by atomic mass is 32.1. The van der Waals surface area contributed by atoms with E-state index < -0.39 is 31.1 Å². The maximum atomic E-state index is 10.3. The summed E-state index contributed by atoms with van der Waals surface area (Å²) in [7, 11) is 0. The second kappa shape index (κ2) is 10.3. The first kappa shape index (κ1) is 22.7. The van der Waals surface area contributed by atoms with E-state index in [4.69, 9.17) is 28.4 Å². The van der Waals surface area contributed by atoms with E-state index in [9.17, 15) is 15.3 Å². The predicted molar refractivity (Wildman–Crippen MR) is 115 cm³/mol. The minimum atomic E-state index is -1.20. The molecular formula is C17H30N8O4S. The second-order valence-corrected chi connectivity index (χ2v) is 7.71. The van der Waals surface area contributed by atoms with Crippen molar-refractivity contribution in [2.45, 2.75) is 56.5 Å². The summed E-state index contributed by atoms with van der Waals surface area (Å²) in [5.41, 5.74) is 11.1. The highest BCUT2D eigenvalue weighted by Crippen LogP contribution is 2.33. The van der Waals surface area contributed by atoms with E-state index >= 15 is 0 Å². The average molecular weight is 443 g/mol. The molecule has 3 heterocycles. The summed E-state index contributed by atoms with van der Waals surface area (Å²) in [4.78, 5) is 8.70. The third kappa shape index (κ3) is 5.17. The second-order valence-electron chi connectivity index (χ2n) is 7.30. The zero-order chi connectivity index (χ0) is 21.7. The summed E-state index contributed by atoms with van der Waals surface area (Å²) in [6.07, 6.45) is 1.02. The first-order valence-electron chi connectivity index (χ1n) is 9.97. The van der Waals surface area contributed by atoms with Crippen molar-refractivity contribution in [2.24, 2.45) is 16.5 Å². The van der Waals surface area contributed by atoms with Crippen LogP contribution in [0.2, 0.25) is 0 Å². The molecule has 2 aliphatic heterocycles. The topological polar surface area (TPSA) is 188 Å². The molecule has 10 N–H and O–H groups in total. The van der Waals surface area contributed by atoms with Gasteiger partial charge in [-0.25, -0.2) is 4.98 Å². The molecule has 0 bridgehead atoms. The van der Waals surface area contributed by atoms with Crippen molar-refractivity contribution in [2.75, 3.05) is 25.0 Å². The van der Waals surface area contributed by atoms with Crippen LogP contribution in [0.5, 0.6) is 0 Å². The van der Waals surface area contributed by atoms with Gasteiger partial charge in [0.15, 0.2) is 18.5 Å². The lowest BCUT2D eigenvalue weighted by atomic mass is 10.1. The zero-order valence-electron chi connectivity index (χ0n) is 16.6. The summed E-state index contributed by atoms with van der Waals surface area (Å²) in [5, 5.41) is 39.4. The molecule has 0 radical (unpaired) electrons. The van der Waals surface area contributed by atoms with E-state index in [-0.39, 0.29) is 12.2 Å². The number of aromatic nitrogens is 2. The molecule has 0 aromatic carbocycles. The molecular weight excluding hydrogens is 412 g/mol. The molecule has 1 saturated heterocycles. The average Bonchev–Trinajstić information content (AvgIpc) is 3.25. The van der Waals surface area contributed by atoms with Crippen molar-refractivity contribution in [3.05, 3.63) is 12.0 Å². The van der Waals surface area contributed by atoms with E-state index in [1.54, 1.807) is 4.57 Å². The number of guanidine groups is 1. The Balaban J connectivity index is 1.51. The summed E-state index contributed by atoms with van der Waals surface area (Å²) in [6, 6.07) is 0. The summed E-state index contributed by atoms with van der Waals surface area (Å²) >= 11 is 5.40. The Kier molecular flexibility index (Phi) is 7.80. The number of fused-ring (bicyclic) bond motifs is 1. The van der Waals surface area contributed by atoms with Gasteiger partial charge in [-0.05, 0) is 19.4 Å². The quantitative estimate of drug-likeness (QED) is 0.0857. The summed E-state index contributed by atoms with van der Waals surface area (Å²) in [5.74, 6) is 0.695. The molecule has 2 aliphatic rings. The van der Waals surface area contributed by atoms with Gasteiger partial charge in [0.05, 0.1) is 12.9 Å². The molecule has 1 fully saturated rings. The molecule has 0 saturated carbocycles. The van der Waals surface area contributed by atoms with Crippen LogP contribution in [-0.4, -0.2) is 80.1 Å². The van der Waals surface area contributed by atoms with Gasteiger partial charge in [0.1, 0.15) is 34.8 Å². The molecule has 168 valence electrons. The fourth-order valence-electron chi connectivity index (χ4n) is 3.49. The first-order chi connectivity index (χ1) is 14.4. The molecule has 13 heteroatoms. The largest absolute Gasteiger partial charge is 0.394 e.